The maximum absolute atomic E-state index is 13.9. The van der Waals surface area contributed by atoms with E-state index in [4.69, 9.17) is 9.31 Å². The molecule has 108 valence electrons. The minimum absolute atomic E-state index is 0.393. The molecule has 5 nitrogen and oxygen atoms in total. The van der Waals surface area contributed by atoms with E-state index < -0.39 is 46.0 Å². The fourth-order valence-corrected chi connectivity index (χ4v) is 1.92. The van der Waals surface area contributed by atoms with Crippen molar-refractivity contribution in [2.75, 3.05) is 0 Å². The number of halogens is 2. The van der Waals surface area contributed by atoms with E-state index in [1.807, 2.05) is 0 Å². The molecule has 0 atom stereocenters. The zero-order chi connectivity index (χ0) is 15.3. The van der Waals surface area contributed by atoms with Crippen molar-refractivity contribution in [1.29, 1.82) is 0 Å². The molecule has 1 aromatic rings. The lowest BCUT2D eigenvalue weighted by atomic mass is 9.77. The van der Waals surface area contributed by atoms with Gasteiger partial charge in [0, 0.05) is 6.07 Å². The highest BCUT2D eigenvalue weighted by Crippen LogP contribution is 2.37. The van der Waals surface area contributed by atoms with E-state index in [1.54, 1.807) is 27.7 Å². The minimum atomic E-state index is -1.25. The topological polar surface area (TPSA) is 61.6 Å². The van der Waals surface area contributed by atoms with Gasteiger partial charge in [0.05, 0.1) is 27.7 Å². The van der Waals surface area contributed by atoms with Crippen LogP contribution in [0.25, 0.3) is 0 Å². The molecule has 1 aromatic carbocycles. The van der Waals surface area contributed by atoms with Gasteiger partial charge in [0.15, 0.2) is 0 Å². The maximum atomic E-state index is 13.9. The van der Waals surface area contributed by atoms with Gasteiger partial charge in [-0.15, -0.1) is 0 Å². The third-order valence-corrected chi connectivity index (χ3v) is 3.76. The van der Waals surface area contributed by atoms with Gasteiger partial charge >= 0.3 is 7.12 Å². The van der Waals surface area contributed by atoms with Gasteiger partial charge in [-0.2, -0.15) is 0 Å². The van der Waals surface area contributed by atoms with E-state index in [9.17, 15) is 18.9 Å². The number of rotatable bonds is 2. The molecule has 0 radical (unpaired) electrons. The maximum Gasteiger partial charge on any atom is 0.505 e. The molecule has 0 aliphatic carbocycles. The second-order valence-electron chi connectivity index (χ2n) is 5.67. The molecule has 0 bridgehead atoms. The van der Waals surface area contributed by atoms with Crippen LogP contribution in [0.1, 0.15) is 27.7 Å². The van der Waals surface area contributed by atoms with Gasteiger partial charge in [-0.05, 0) is 27.7 Å². The fourth-order valence-electron chi connectivity index (χ4n) is 1.92. The van der Waals surface area contributed by atoms with Crippen molar-refractivity contribution in [2.24, 2.45) is 0 Å². The summed E-state index contributed by atoms with van der Waals surface area (Å²) < 4.78 is 38.2. The standard InChI is InChI=1S/C12H14BF2NO4/c1-11(2)12(3,4)20-13(19-11)10-8(15)5-7(14)6-9(10)16(17)18/h5-6H,1-4H3. The SMILES string of the molecule is CC1(C)OB(c2c(F)cc(F)cc2[N+](=O)[O-])OC1(C)C. The monoisotopic (exact) mass is 285 g/mol. The highest BCUT2D eigenvalue weighted by Gasteiger charge is 2.54. The van der Waals surface area contributed by atoms with Crippen LogP contribution in [0.2, 0.25) is 0 Å². The van der Waals surface area contributed by atoms with Gasteiger partial charge in [-0.25, -0.2) is 8.78 Å². The molecule has 20 heavy (non-hydrogen) atoms. The van der Waals surface area contributed by atoms with Crippen LogP contribution >= 0.6 is 0 Å². The Hall–Kier alpha value is -1.54. The summed E-state index contributed by atoms with van der Waals surface area (Å²) in [6, 6.07) is 1.23. The number of nitro benzene ring substituents is 1. The van der Waals surface area contributed by atoms with Crippen molar-refractivity contribution in [3.05, 3.63) is 33.9 Å². The molecule has 8 heteroatoms. The van der Waals surface area contributed by atoms with Crippen LogP contribution in [0.5, 0.6) is 0 Å². The zero-order valence-electron chi connectivity index (χ0n) is 11.6. The van der Waals surface area contributed by atoms with Crippen molar-refractivity contribution in [1.82, 2.24) is 0 Å². The summed E-state index contributed by atoms with van der Waals surface area (Å²) in [6.45, 7) is 6.95. The van der Waals surface area contributed by atoms with Crippen LogP contribution in [0.3, 0.4) is 0 Å². The highest BCUT2D eigenvalue weighted by molar-refractivity contribution is 6.63. The normalized spacial score (nSPS) is 20.2. The van der Waals surface area contributed by atoms with Crippen LogP contribution < -0.4 is 5.46 Å². The predicted molar refractivity (Wildman–Crippen MR) is 68.7 cm³/mol. The van der Waals surface area contributed by atoms with Crippen molar-refractivity contribution < 1.29 is 23.0 Å². The molecule has 0 aromatic heterocycles. The molecule has 0 N–H and O–H groups in total. The molecule has 1 saturated heterocycles. The Morgan fingerprint density at radius 2 is 1.65 bits per heavy atom. The Morgan fingerprint density at radius 1 is 1.15 bits per heavy atom. The molecule has 2 rings (SSSR count). The third kappa shape index (κ3) is 2.29. The van der Waals surface area contributed by atoms with Crippen molar-refractivity contribution in [3.63, 3.8) is 0 Å². The first-order valence-corrected chi connectivity index (χ1v) is 6.04. The van der Waals surface area contributed by atoms with Gasteiger partial charge < -0.3 is 9.31 Å². The number of hydrogen-bond donors (Lipinski definition) is 0. The van der Waals surface area contributed by atoms with Crippen LogP contribution in [-0.4, -0.2) is 23.2 Å². The second kappa shape index (κ2) is 4.49. The Balaban J connectivity index is 2.52. The van der Waals surface area contributed by atoms with E-state index >= 15 is 0 Å². The number of nitrogens with zero attached hydrogens (tertiary/aromatic N) is 1. The van der Waals surface area contributed by atoms with E-state index in [1.165, 1.54) is 0 Å². The zero-order valence-corrected chi connectivity index (χ0v) is 11.6. The Kier molecular flexibility index (Phi) is 3.34. The molecule has 0 unspecified atom stereocenters. The minimum Gasteiger partial charge on any atom is -0.399 e. The molecule has 1 aliphatic heterocycles. The van der Waals surface area contributed by atoms with Crippen LogP contribution in [-0.2, 0) is 9.31 Å². The summed E-state index contributed by atoms with van der Waals surface area (Å²) in [4.78, 5) is 10.1. The summed E-state index contributed by atoms with van der Waals surface area (Å²) in [6.07, 6.45) is 0. The van der Waals surface area contributed by atoms with E-state index in [-0.39, 0.29) is 0 Å². The Labute approximate surface area is 115 Å². The van der Waals surface area contributed by atoms with Gasteiger partial charge in [-0.3, -0.25) is 10.1 Å². The highest BCUT2D eigenvalue weighted by atomic mass is 19.1. The van der Waals surface area contributed by atoms with Gasteiger partial charge in [0.2, 0.25) is 0 Å². The molecular weight excluding hydrogens is 271 g/mol. The fraction of sp³-hybridized carbons (Fsp3) is 0.500. The summed E-state index contributed by atoms with van der Waals surface area (Å²) >= 11 is 0. The Bertz CT molecular complexity index is 561. The van der Waals surface area contributed by atoms with Crippen molar-refractivity contribution >= 4 is 18.3 Å². The van der Waals surface area contributed by atoms with Gasteiger partial charge in [-0.1, -0.05) is 0 Å². The number of benzene rings is 1. The number of nitro groups is 1. The first kappa shape index (κ1) is 14.9. The largest absolute Gasteiger partial charge is 0.505 e. The molecule has 0 amide bonds. The van der Waals surface area contributed by atoms with Crippen LogP contribution in [0.15, 0.2) is 12.1 Å². The van der Waals surface area contributed by atoms with Crippen molar-refractivity contribution in [3.8, 4) is 0 Å². The first-order chi connectivity index (χ1) is 9.05. The lowest BCUT2D eigenvalue weighted by Gasteiger charge is -2.32. The van der Waals surface area contributed by atoms with Crippen molar-refractivity contribution in [2.45, 2.75) is 38.9 Å². The lowest BCUT2D eigenvalue weighted by Crippen LogP contribution is -2.41. The van der Waals surface area contributed by atoms with E-state index in [0.29, 0.717) is 12.1 Å². The molecule has 0 saturated carbocycles. The van der Waals surface area contributed by atoms with Crippen LogP contribution in [0.4, 0.5) is 14.5 Å². The lowest BCUT2D eigenvalue weighted by molar-refractivity contribution is -0.384. The average Bonchev–Trinajstić information content (AvgIpc) is 2.46. The summed E-state index contributed by atoms with van der Waals surface area (Å²) in [5, 5.41) is 11.0. The molecular formula is C12H14BF2NO4. The van der Waals surface area contributed by atoms with Gasteiger partial charge in [0.1, 0.15) is 11.6 Å². The van der Waals surface area contributed by atoms with Gasteiger partial charge in [0.25, 0.3) is 5.69 Å². The molecule has 1 heterocycles. The van der Waals surface area contributed by atoms with Crippen LogP contribution in [0, 0.1) is 21.7 Å². The second-order valence-corrected chi connectivity index (χ2v) is 5.67. The Morgan fingerprint density at radius 3 is 2.10 bits per heavy atom. The quantitative estimate of drug-likeness (QED) is 0.474. The first-order valence-electron chi connectivity index (χ1n) is 6.04. The summed E-state index contributed by atoms with van der Waals surface area (Å²) in [5.74, 6) is -2.08. The van der Waals surface area contributed by atoms with E-state index in [0.717, 1.165) is 0 Å². The molecule has 1 fully saturated rings. The third-order valence-electron chi connectivity index (χ3n) is 3.76. The predicted octanol–water partition coefficient (Wildman–Crippen LogP) is 2.17. The average molecular weight is 285 g/mol. The summed E-state index contributed by atoms with van der Waals surface area (Å²) in [7, 11) is -1.25. The van der Waals surface area contributed by atoms with E-state index in [2.05, 4.69) is 0 Å². The molecule has 1 aliphatic rings. The summed E-state index contributed by atoms with van der Waals surface area (Å²) in [5.41, 5.74) is -2.63. The smallest absolute Gasteiger partial charge is 0.399 e. The number of hydrogen-bond acceptors (Lipinski definition) is 4. The molecule has 0 spiro atoms.